The molecule has 2 N–H and O–H groups in total. The van der Waals surface area contributed by atoms with Crippen LogP contribution in [0, 0.1) is 0 Å². The molecule has 0 spiro atoms. The zero-order chi connectivity index (χ0) is 17.9. The Bertz CT molecular complexity index is 575. The quantitative estimate of drug-likeness (QED) is 0.854. The van der Waals surface area contributed by atoms with Crippen LogP contribution in [0.3, 0.4) is 0 Å². The number of hydrogen-bond acceptors (Lipinski definition) is 4. The Morgan fingerprint density at radius 3 is 2.48 bits per heavy atom. The Balaban J connectivity index is 1.42. The van der Waals surface area contributed by atoms with Crippen LogP contribution in [0.5, 0.6) is 0 Å². The third-order valence-electron chi connectivity index (χ3n) is 4.99. The first-order chi connectivity index (χ1) is 11.9. The highest BCUT2D eigenvalue weighted by Crippen LogP contribution is 2.31. The van der Waals surface area contributed by atoms with E-state index < -0.39 is 11.9 Å². The molecule has 0 radical (unpaired) electrons. The molecule has 0 atom stereocenters. The predicted molar refractivity (Wildman–Crippen MR) is 86.1 cm³/mol. The highest BCUT2D eigenvalue weighted by Gasteiger charge is 2.34. The Labute approximate surface area is 144 Å². The molecule has 1 aromatic heterocycles. The van der Waals surface area contributed by atoms with Crippen molar-refractivity contribution >= 4 is 5.91 Å². The van der Waals surface area contributed by atoms with Crippen molar-refractivity contribution in [3.63, 3.8) is 0 Å². The van der Waals surface area contributed by atoms with E-state index in [9.17, 15) is 18.0 Å². The molecule has 1 aromatic rings. The number of likely N-dealkylation sites (tertiary alicyclic amines) is 1. The second kappa shape index (κ2) is 7.74. The first-order valence-corrected chi connectivity index (χ1v) is 8.76. The summed E-state index contributed by atoms with van der Waals surface area (Å²) in [5, 5.41) is 3.22. The van der Waals surface area contributed by atoms with E-state index in [4.69, 9.17) is 0 Å². The third-order valence-corrected chi connectivity index (χ3v) is 4.99. The summed E-state index contributed by atoms with van der Waals surface area (Å²) in [6, 6.07) is 0. The minimum absolute atomic E-state index is 0.0243. The van der Waals surface area contributed by atoms with Crippen molar-refractivity contribution in [3.05, 3.63) is 17.7 Å². The number of piperazine rings is 1. The largest absolute Gasteiger partial charge is 0.432 e. The van der Waals surface area contributed by atoms with Gasteiger partial charge in [0.2, 0.25) is 5.91 Å². The zero-order valence-electron chi connectivity index (χ0n) is 14.1. The molecule has 25 heavy (non-hydrogen) atoms. The molecular weight excluding hydrogens is 335 g/mol. The minimum atomic E-state index is -4.38. The van der Waals surface area contributed by atoms with Crippen molar-refractivity contribution < 1.29 is 18.0 Å². The van der Waals surface area contributed by atoms with Gasteiger partial charge in [0.15, 0.2) is 0 Å². The van der Waals surface area contributed by atoms with Gasteiger partial charge in [-0.25, -0.2) is 4.98 Å². The van der Waals surface area contributed by atoms with Gasteiger partial charge in [-0.05, 0) is 25.9 Å². The van der Waals surface area contributed by atoms with Crippen molar-refractivity contribution in [3.8, 4) is 0 Å². The lowest BCUT2D eigenvalue weighted by molar-refractivity contribution is -0.141. The summed E-state index contributed by atoms with van der Waals surface area (Å²) in [4.78, 5) is 22.6. The molecule has 3 heterocycles. The molecule has 0 bridgehead atoms. The molecule has 0 unspecified atom stereocenters. The summed E-state index contributed by atoms with van der Waals surface area (Å²) >= 11 is 0. The van der Waals surface area contributed by atoms with Crippen molar-refractivity contribution in [2.24, 2.45) is 0 Å². The van der Waals surface area contributed by atoms with Gasteiger partial charge in [-0.2, -0.15) is 13.2 Å². The van der Waals surface area contributed by atoms with E-state index in [1.165, 1.54) is 0 Å². The van der Waals surface area contributed by atoms with E-state index in [2.05, 4.69) is 20.2 Å². The van der Waals surface area contributed by atoms with Crippen LogP contribution < -0.4 is 5.32 Å². The maximum Gasteiger partial charge on any atom is 0.432 e. The standard InChI is InChI=1S/C16H24F3N5O/c17-16(18,19)13-11-21-15(22-13)12-1-6-23(7-2-12)8-3-14(25)24-9-4-20-5-10-24/h11-12,20H,1-10H2,(H,21,22). The number of carbonyl (C=O) groups is 1. The van der Waals surface area contributed by atoms with Gasteiger partial charge < -0.3 is 20.1 Å². The van der Waals surface area contributed by atoms with Gasteiger partial charge in [0.25, 0.3) is 0 Å². The molecule has 3 rings (SSSR count). The highest BCUT2D eigenvalue weighted by atomic mass is 19.4. The molecule has 2 aliphatic heterocycles. The number of H-pyrrole nitrogens is 1. The Morgan fingerprint density at radius 2 is 1.88 bits per heavy atom. The molecule has 0 saturated carbocycles. The first-order valence-electron chi connectivity index (χ1n) is 8.76. The molecule has 9 heteroatoms. The molecule has 1 amide bonds. The number of halogens is 3. The normalized spacial score (nSPS) is 20.8. The van der Waals surface area contributed by atoms with E-state index in [1.807, 2.05) is 4.90 Å². The van der Waals surface area contributed by atoms with E-state index in [0.29, 0.717) is 18.8 Å². The predicted octanol–water partition coefficient (Wildman–Crippen LogP) is 1.43. The first kappa shape index (κ1) is 18.2. The van der Waals surface area contributed by atoms with Gasteiger partial charge in [0.1, 0.15) is 11.5 Å². The number of piperidine rings is 1. The number of rotatable bonds is 4. The lowest BCUT2D eigenvalue weighted by atomic mass is 9.96. The van der Waals surface area contributed by atoms with Crippen LogP contribution in [0.2, 0.25) is 0 Å². The number of nitrogens with one attached hydrogen (secondary N) is 2. The summed E-state index contributed by atoms with van der Waals surface area (Å²) in [5.74, 6) is 0.629. The van der Waals surface area contributed by atoms with Gasteiger partial charge in [0, 0.05) is 45.1 Å². The number of nitrogens with zero attached hydrogens (tertiary/aromatic N) is 3. The lowest BCUT2D eigenvalue weighted by Gasteiger charge is -2.32. The number of aromatic nitrogens is 2. The van der Waals surface area contributed by atoms with Crippen LogP contribution in [0.1, 0.15) is 36.7 Å². The van der Waals surface area contributed by atoms with Crippen LogP contribution in [0.25, 0.3) is 0 Å². The Hall–Kier alpha value is -1.61. The number of imidazole rings is 1. The topological polar surface area (TPSA) is 64.3 Å². The van der Waals surface area contributed by atoms with Gasteiger partial charge in [0.05, 0.1) is 6.20 Å². The van der Waals surface area contributed by atoms with Crippen molar-refractivity contribution in [1.82, 2.24) is 25.1 Å². The summed E-state index contributed by atoms with van der Waals surface area (Å²) in [6.45, 7) is 5.49. The average molecular weight is 359 g/mol. The second-order valence-electron chi connectivity index (χ2n) is 6.68. The van der Waals surface area contributed by atoms with Gasteiger partial charge in [-0.3, -0.25) is 4.79 Å². The summed E-state index contributed by atoms with van der Waals surface area (Å²) in [7, 11) is 0. The van der Waals surface area contributed by atoms with Gasteiger partial charge in [-0.1, -0.05) is 0 Å². The fraction of sp³-hybridized carbons (Fsp3) is 0.750. The Kier molecular flexibility index (Phi) is 5.63. The van der Waals surface area contributed by atoms with Gasteiger partial charge in [-0.15, -0.1) is 0 Å². The van der Waals surface area contributed by atoms with Crippen LogP contribution in [-0.2, 0) is 11.0 Å². The van der Waals surface area contributed by atoms with E-state index in [-0.39, 0.29) is 11.8 Å². The van der Waals surface area contributed by atoms with E-state index in [0.717, 1.165) is 58.3 Å². The van der Waals surface area contributed by atoms with E-state index >= 15 is 0 Å². The summed E-state index contributed by atoms with van der Waals surface area (Å²) in [6.07, 6.45) is -1.49. The number of amides is 1. The summed E-state index contributed by atoms with van der Waals surface area (Å²) < 4.78 is 37.9. The molecule has 2 aliphatic rings. The minimum Gasteiger partial charge on any atom is -0.340 e. The smallest absolute Gasteiger partial charge is 0.340 e. The molecule has 2 saturated heterocycles. The number of hydrogen-bond donors (Lipinski definition) is 2. The fourth-order valence-corrected chi connectivity index (χ4v) is 3.44. The monoisotopic (exact) mass is 359 g/mol. The summed E-state index contributed by atoms with van der Waals surface area (Å²) in [5.41, 5.74) is -0.786. The maximum absolute atomic E-state index is 12.6. The van der Waals surface area contributed by atoms with E-state index in [1.54, 1.807) is 0 Å². The van der Waals surface area contributed by atoms with Crippen LogP contribution >= 0.6 is 0 Å². The second-order valence-corrected chi connectivity index (χ2v) is 6.68. The number of aromatic amines is 1. The molecular formula is C16H24F3N5O. The van der Waals surface area contributed by atoms with Crippen molar-refractivity contribution in [2.45, 2.75) is 31.4 Å². The van der Waals surface area contributed by atoms with Gasteiger partial charge >= 0.3 is 6.18 Å². The molecule has 6 nitrogen and oxygen atoms in total. The SMILES string of the molecule is O=C(CCN1CCC(c2ncc(C(F)(F)F)[nH]2)CC1)N1CCNCC1. The maximum atomic E-state index is 12.6. The van der Waals surface area contributed by atoms with Crippen molar-refractivity contribution in [1.29, 1.82) is 0 Å². The Morgan fingerprint density at radius 1 is 1.20 bits per heavy atom. The third kappa shape index (κ3) is 4.72. The average Bonchev–Trinajstić information content (AvgIpc) is 3.11. The zero-order valence-corrected chi connectivity index (χ0v) is 14.1. The molecule has 140 valence electrons. The number of carbonyl (C=O) groups excluding carboxylic acids is 1. The molecule has 0 aliphatic carbocycles. The molecule has 0 aromatic carbocycles. The van der Waals surface area contributed by atoms with Crippen LogP contribution in [-0.4, -0.2) is 71.5 Å². The fourth-order valence-electron chi connectivity index (χ4n) is 3.44. The van der Waals surface area contributed by atoms with Crippen LogP contribution in [0.4, 0.5) is 13.2 Å². The highest BCUT2D eigenvalue weighted by molar-refractivity contribution is 5.76. The lowest BCUT2D eigenvalue weighted by Crippen LogP contribution is -2.47. The van der Waals surface area contributed by atoms with Crippen LogP contribution in [0.15, 0.2) is 6.20 Å². The number of alkyl halides is 3. The van der Waals surface area contributed by atoms with Crippen molar-refractivity contribution in [2.75, 3.05) is 45.8 Å². The molecule has 2 fully saturated rings.